The van der Waals surface area contributed by atoms with Gasteiger partial charge in [0.25, 0.3) is 0 Å². The van der Waals surface area contributed by atoms with Gasteiger partial charge in [-0.2, -0.15) is 0 Å². The summed E-state index contributed by atoms with van der Waals surface area (Å²) < 4.78 is 13.1. The standard InChI is InChI=1S/C15H22FN/c1-3-8-17-10-12-4-6-15(12)14-7-5-13(16)9-11(14)2/h5,7,9,12,15,17H,3-4,6,8,10H2,1-2H3. The number of nitrogens with one attached hydrogen (secondary N) is 1. The van der Waals surface area contributed by atoms with E-state index >= 15 is 0 Å². The first kappa shape index (κ1) is 12.6. The molecule has 1 saturated carbocycles. The molecule has 17 heavy (non-hydrogen) atoms. The van der Waals surface area contributed by atoms with Gasteiger partial charge in [0.15, 0.2) is 0 Å². The SMILES string of the molecule is CCCNCC1CCC1c1ccc(F)cc1C. The summed E-state index contributed by atoms with van der Waals surface area (Å²) in [5, 5.41) is 3.49. The normalized spacial score (nSPS) is 23.5. The molecule has 1 N–H and O–H groups in total. The first-order valence-electron chi connectivity index (χ1n) is 6.69. The quantitative estimate of drug-likeness (QED) is 0.768. The van der Waals surface area contributed by atoms with Crippen molar-refractivity contribution in [3.05, 3.63) is 35.1 Å². The van der Waals surface area contributed by atoms with Crippen LogP contribution in [0, 0.1) is 18.7 Å². The van der Waals surface area contributed by atoms with E-state index in [0.29, 0.717) is 5.92 Å². The van der Waals surface area contributed by atoms with Crippen molar-refractivity contribution in [2.75, 3.05) is 13.1 Å². The van der Waals surface area contributed by atoms with Gasteiger partial charge >= 0.3 is 0 Å². The first-order chi connectivity index (χ1) is 8.22. The maximum atomic E-state index is 13.1. The molecule has 2 atom stereocenters. The Balaban J connectivity index is 1.97. The second-order valence-corrected chi connectivity index (χ2v) is 5.15. The van der Waals surface area contributed by atoms with Gasteiger partial charge in [0.05, 0.1) is 0 Å². The second kappa shape index (κ2) is 5.63. The number of hydrogen-bond donors (Lipinski definition) is 1. The Morgan fingerprint density at radius 3 is 2.76 bits per heavy atom. The predicted molar refractivity (Wildman–Crippen MR) is 69.8 cm³/mol. The number of aryl methyl sites for hydroxylation is 1. The smallest absolute Gasteiger partial charge is 0.123 e. The van der Waals surface area contributed by atoms with Gasteiger partial charge in [-0.3, -0.25) is 0 Å². The average molecular weight is 235 g/mol. The van der Waals surface area contributed by atoms with E-state index in [9.17, 15) is 4.39 Å². The van der Waals surface area contributed by atoms with Crippen LogP contribution in [-0.2, 0) is 0 Å². The maximum Gasteiger partial charge on any atom is 0.123 e. The van der Waals surface area contributed by atoms with E-state index < -0.39 is 0 Å². The van der Waals surface area contributed by atoms with Crippen molar-refractivity contribution in [1.82, 2.24) is 5.32 Å². The molecule has 1 nitrogen and oxygen atoms in total. The van der Waals surface area contributed by atoms with Gasteiger partial charge in [0.2, 0.25) is 0 Å². The Morgan fingerprint density at radius 1 is 1.35 bits per heavy atom. The van der Waals surface area contributed by atoms with Gasteiger partial charge < -0.3 is 5.32 Å². The molecule has 1 fully saturated rings. The molecule has 0 spiro atoms. The fourth-order valence-electron chi connectivity index (χ4n) is 2.74. The second-order valence-electron chi connectivity index (χ2n) is 5.15. The van der Waals surface area contributed by atoms with E-state index in [1.807, 2.05) is 13.0 Å². The van der Waals surface area contributed by atoms with E-state index in [1.54, 1.807) is 12.1 Å². The molecule has 0 bridgehead atoms. The lowest BCUT2D eigenvalue weighted by molar-refractivity contribution is 0.245. The maximum absolute atomic E-state index is 13.1. The van der Waals surface area contributed by atoms with Crippen molar-refractivity contribution in [3.8, 4) is 0 Å². The minimum absolute atomic E-state index is 0.119. The summed E-state index contributed by atoms with van der Waals surface area (Å²) in [5.41, 5.74) is 2.45. The zero-order chi connectivity index (χ0) is 12.3. The number of hydrogen-bond acceptors (Lipinski definition) is 1. The molecule has 2 unspecified atom stereocenters. The Morgan fingerprint density at radius 2 is 2.18 bits per heavy atom. The first-order valence-corrected chi connectivity index (χ1v) is 6.69. The molecule has 0 amide bonds. The van der Waals surface area contributed by atoms with Crippen molar-refractivity contribution in [2.24, 2.45) is 5.92 Å². The molecule has 1 aromatic carbocycles. The Hall–Kier alpha value is -0.890. The van der Waals surface area contributed by atoms with Crippen LogP contribution >= 0.6 is 0 Å². The predicted octanol–water partition coefficient (Wildman–Crippen LogP) is 3.63. The minimum atomic E-state index is -0.119. The molecule has 1 aliphatic rings. The molecule has 94 valence electrons. The van der Waals surface area contributed by atoms with E-state index in [1.165, 1.54) is 24.8 Å². The highest BCUT2D eigenvalue weighted by Crippen LogP contribution is 2.43. The Bertz CT molecular complexity index is 375. The molecule has 0 aliphatic heterocycles. The van der Waals surface area contributed by atoms with Crippen LogP contribution in [0.25, 0.3) is 0 Å². The van der Waals surface area contributed by atoms with Gasteiger partial charge in [0.1, 0.15) is 5.82 Å². The van der Waals surface area contributed by atoms with E-state index in [-0.39, 0.29) is 5.82 Å². The van der Waals surface area contributed by atoms with Crippen LogP contribution < -0.4 is 5.32 Å². The summed E-state index contributed by atoms with van der Waals surface area (Å²) in [6, 6.07) is 5.22. The summed E-state index contributed by atoms with van der Waals surface area (Å²) in [6.07, 6.45) is 3.75. The zero-order valence-electron chi connectivity index (χ0n) is 10.8. The van der Waals surface area contributed by atoms with Crippen LogP contribution in [-0.4, -0.2) is 13.1 Å². The molecule has 1 aromatic rings. The van der Waals surface area contributed by atoms with Gasteiger partial charge in [-0.1, -0.05) is 13.0 Å². The summed E-state index contributed by atoms with van der Waals surface area (Å²) in [7, 11) is 0. The van der Waals surface area contributed by atoms with Crippen molar-refractivity contribution >= 4 is 0 Å². The molecular formula is C15H22FN. The molecule has 0 saturated heterocycles. The molecule has 2 rings (SSSR count). The molecule has 1 aliphatic carbocycles. The minimum Gasteiger partial charge on any atom is -0.316 e. The molecule has 0 heterocycles. The van der Waals surface area contributed by atoms with Crippen molar-refractivity contribution in [3.63, 3.8) is 0 Å². The van der Waals surface area contributed by atoms with Crippen molar-refractivity contribution in [1.29, 1.82) is 0 Å². The fourth-order valence-corrected chi connectivity index (χ4v) is 2.74. The zero-order valence-corrected chi connectivity index (χ0v) is 10.8. The van der Waals surface area contributed by atoms with Crippen molar-refractivity contribution in [2.45, 2.75) is 39.0 Å². The molecular weight excluding hydrogens is 213 g/mol. The summed E-state index contributed by atoms with van der Waals surface area (Å²) in [6.45, 7) is 6.42. The third kappa shape index (κ3) is 2.86. The highest BCUT2D eigenvalue weighted by molar-refractivity contribution is 5.32. The molecule has 0 aromatic heterocycles. The summed E-state index contributed by atoms with van der Waals surface area (Å²) in [5.74, 6) is 1.26. The lowest BCUT2D eigenvalue weighted by Crippen LogP contribution is -2.34. The Labute approximate surface area is 103 Å². The van der Waals surface area contributed by atoms with Crippen LogP contribution in [0.3, 0.4) is 0 Å². The van der Waals surface area contributed by atoms with E-state index in [2.05, 4.69) is 12.2 Å². The number of halogens is 1. The Kier molecular flexibility index (Phi) is 4.16. The number of benzene rings is 1. The lowest BCUT2D eigenvalue weighted by Gasteiger charge is -2.38. The molecule has 2 heteroatoms. The van der Waals surface area contributed by atoms with Gasteiger partial charge in [-0.05, 0) is 74.4 Å². The lowest BCUT2D eigenvalue weighted by atomic mass is 9.69. The van der Waals surface area contributed by atoms with Gasteiger partial charge in [0, 0.05) is 0 Å². The summed E-state index contributed by atoms with van der Waals surface area (Å²) >= 11 is 0. The topological polar surface area (TPSA) is 12.0 Å². The van der Waals surface area contributed by atoms with Gasteiger partial charge in [-0.25, -0.2) is 4.39 Å². The number of rotatable bonds is 5. The van der Waals surface area contributed by atoms with Crippen LogP contribution in [0.15, 0.2) is 18.2 Å². The third-order valence-electron chi connectivity index (χ3n) is 3.88. The van der Waals surface area contributed by atoms with Gasteiger partial charge in [-0.15, -0.1) is 0 Å². The van der Waals surface area contributed by atoms with E-state index in [4.69, 9.17) is 0 Å². The van der Waals surface area contributed by atoms with Crippen LogP contribution in [0.5, 0.6) is 0 Å². The van der Waals surface area contributed by atoms with Crippen LogP contribution in [0.2, 0.25) is 0 Å². The van der Waals surface area contributed by atoms with Crippen molar-refractivity contribution < 1.29 is 4.39 Å². The average Bonchev–Trinajstić information content (AvgIpc) is 2.26. The molecule has 0 radical (unpaired) electrons. The fraction of sp³-hybridized carbons (Fsp3) is 0.600. The van der Waals surface area contributed by atoms with Crippen LogP contribution in [0.4, 0.5) is 4.39 Å². The monoisotopic (exact) mass is 235 g/mol. The third-order valence-corrected chi connectivity index (χ3v) is 3.88. The summed E-state index contributed by atoms with van der Waals surface area (Å²) in [4.78, 5) is 0. The largest absolute Gasteiger partial charge is 0.316 e. The van der Waals surface area contributed by atoms with Crippen LogP contribution in [0.1, 0.15) is 43.2 Å². The highest BCUT2D eigenvalue weighted by atomic mass is 19.1. The highest BCUT2D eigenvalue weighted by Gasteiger charge is 2.32. The van der Waals surface area contributed by atoms with E-state index in [0.717, 1.165) is 24.6 Å².